The fourth-order valence-corrected chi connectivity index (χ4v) is 3.20. The second-order valence-electron chi connectivity index (χ2n) is 5.12. The Morgan fingerprint density at radius 3 is 2.81 bits per heavy atom. The van der Waals surface area contributed by atoms with Crippen LogP contribution in [0.15, 0.2) is 0 Å². The van der Waals surface area contributed by atoms with Crippen molar-refractivity contribution < 1.29 is 0 Å². The Morgan fingerprint density at radius 2 is 2.12 bits per heavy atom. The zero-order valence-corrected chi connectivity index (χ0v) is 12.1. The number of nitrogens with two attached hydrogens (primary N) is 1. The molecule has 0 saturated carbocycles. The first-order valence-corrected chi connectivity index (χ1v) is 7.54. The fraction of sp³-hybridized carbons (Fsp3) is 0.917. The van der Waals surface area contributed by atoms with Gasteiger partial charge >= 0.3 is 0 Å². The van der Waals surface area contributed by atoms with Gasteiger partial charge in [-0.05, 0) is 38.8 Å². The lowest BCUT2D eigenvalue weighted by Crippen LogP contribution is -2.28. The first-order chi connectivity index (χ1) is 7.49. The Kier molecular flexibility index (Phi) is 6.08. The smallest absolute Gasteiger partial charge is 0.0727 e. The van der Waals surface area contributed by atoms with Crippen molar-refractivity contribution in [3.63, 3.8) is 0 Å². The van der Waals surface area contributed by atoms with Gasteiger partial charge in [0.05, 0.1) is 4.99 Å². The molecule has 0 spiro atoms. The van der Waals surface area contributed by atoms with Gasteiger partial charge in [0.1, 0.15) is 0 Å². The molecular formula is C12H24N2S2. The normalized spacial score (nSPS) is 21.6. The highest BCUT2D eigenvalue weighted by atomic mass is 32.2. The molecule has 4 heteroatoms. The molecule has 0 aromatic heterocycles. The standard InChI is InChI=1S/C12H24N2S2/c1-12(2)6-8-14(9-10-16-12)7-4-3-5-11(13)15/h3-10H2,1-2H3,(H2,13,15). The summed E-state index contributed by atoms with van der Waals surface area (Å²) in [6.07, 6.45) is 4.57. The highest BCUT2D eigenvalue weighted by Crippen LogP contribution is 2.30. The van der Waals surface area contributed by atoms with E-state index in [4.69, 9.17) is 18.0 Å². The Bertz CT molecular complexity index is 229. The minimum atomic E-state index is 0.466. The third-order valence-corrected chi connectivity index (χ3v) is 4.65. The van der Waals surface area contributed by atoms with E-state index in [-0.39, 0.29) is 0 Å². The summed E-state index contributed by atoms with van der Waals surface area (Å²) in [4.78, 5) is 3.24. The van der Waals surface area contributed by atoms with Gasteiger partial charge in [0, 0.05) is 17.0 Å². The molecule has 0 bridgehead atoms. The first kappa shape index (κ1) is 14.3. The van der Waals surface area contributed by atoms with E-state index in [1.807, 2.05) is 0 Å². The zero-order chi connectivity index (χ0) is 12.0. The molecule has 94 valence electrons. The van der Waals surface area contributed by atoms with Crippen molar-refractivity contribution in [1.29, 1.82) is 0 Å². The van der Waals surface area contributed by atoms with Gasteiger partial charge in [-0.25, -0.2) is 0 Å². The van der Waals surface area contributed by atoms with Gasteiger partial charge in [-0.1, -0.05) is 26.1 Å². The summed E-state index contributed by atoms with van der Waals surface area (Å²) in [7, 11) is 0. The molecule has 16 heavy (non-hydrogen) atoms. The molecule has 1 aliphatic heterocycles. The van der Waals surface area contributed by atoms with Crippen LogP contribution in [0.2, 0.25) is 0 Å². The average Bonchev–Trinajstić information content (AvgIpc) is 2.34. The molecule has 1 heterocycles. The van der Waals surface area contributed by atoms with Crippen molar-refractivity contribution in [1.82, 2.24) is 4.90 Å². The second kappa shape index (κ2) is 6.82. The van der Waals surface area contributed by atoms with Crippen LogP contribution in [0.1, 0.15) is 39.5 Å². The minimum absolute atomic E-state index is 0.466. The molecule has 1 rings (SSSR count). The van der Waals surface area contributed by atoms with Crippen molar-refractivity contribution in [3.05, 3.63) is 0 Å². The van der Waals surface area contributed by atoms with Crippen LogP contribution in [0.5, 0.6) is 0 Å². The maximum Gasteiger partial charge on any atom is 0.0727 e. The van der Waals surface area contributed by atoms with E-state index in [0.717, 1.165) is 12.8 Å². The van der Waals surface area contributed by atoms with E-state index >= 15 is 0 Å². The van der Waals surface area contributed by atoms with Crippen LogP contribution < -0.4 is 5.73 Å². The summed E-state index contributed by atoms with van der Waals surface area (Å²) in [5.74, 6) is 1.27. The number of unbranched alkanes of at least 4 members (excludes halogenated alkanes) is 1. The Morgan fingerprint density at radius 1 is 1.38 bits per heavy atom. The zero-order valence-electron chi connectivity index (χ0n) is 10.5. The molecule has 0 aliphatic carbocycles. The van der Waals surface area contributed by atoms with Crippen LogP contribution in [0, 0.1) is 0 Å². The largest absolute Gasteiger partial charge is 0.393 e. The summed E-state index contributed by atoms with van der Waals surface area (Å²) in [5, 5.41) is 0. The lowest BCUT2D eigenvalue weighted by Gasteiger charge is -2.22. The van der Waals surface area contributed by atoms with E-state index in [1.54, 1.807) is 0 Å². The monoisotopic (exact) mass is 260 g/mol. The minimum Gasteiger partial charge on any atom is -0.393 e. The second-order valence-corrected chi connectivity index (χ2v) is 7.45. The molecular weight excluding hydrogens is 236 g/mol. The number of hydrogen-bond donors (Lipinski definition) is 1. The van der Waals surface area contributed by atoms with Crippen LogP contribution in [0.25, 0.3) is 0 Å². The number of thiocarbonyl (C=S) groups is 1. The van der Waals surface area contributed by atoms with E-state index < -0.39 is 0 Å². The molecule has 2 N–H and O–H groups in total. The Balaban J connectivity index is 2.15. The van der Waals surface area contributed by atoms with Crippen LogP contribution in [-0.2, 0) is 0 Å². The van der Waals surface area contributed by atoms with Crippen molar-refractivity contribution >= 4 is 29.0 Å². The maximum absolute atomic E-state index is 5.49. The summed E-state index contributed by atoms with van der Waals surface area (Å²) >= 11 is 6.98. The lowest BCUT2D eigenvalue weighted by atomic mass is 10.1. The lowest BCUT2D eigenvalue weighted by molar-refractivity contribution is 0.279. The van der Waals surface area contributed by atoms with Gasteiger partial charge < -0.3 is 10.6 Å². The van der Waals surface area contributed by atoms with Crippen LogP contribution in [0.3, 0.4) is 0 Å². The number of thioether (sulfide) groups is 1. The number of rotatable bonds is 5. The molecule has 1 fully saturated rings. The summed E-state index contributed by atoms with van der Waals surface area (Å²) < 4.78 is 0.466. The predicted octanol–water partition coefficient (Wildman–Crippen LogP) is 2.66. The average molecular weight is 260 g/mol. The van der Waals surface area contributed by atoms with Crippen LogP contribution in [-0.4, -0.2) is 40.0 Å². The maximum atomic E-state index is 5.49. The van der Waals surface area contributed by atoms with Gasteiger partial charge in [-0.15, -0.1) is 0 Å². The van der Waals surface area contributed by atoms with E-state index in [2.05, 4.69) is 30.5 Å². The predicted molar refractivity (Wildman–Crippen MR) is 78.2 cm³/mol. The van der Waals surface area contributed by atoms with Crippen LogP contribution >= 0.6 is 24.0 Å². The third-order valence-electron chi connectivity index (χ3n) is 3.08. The van der Waals surface area contributed by atoms with Gasteiger partial charge in [0.25, 0.3) is 0 Å². The van der Waals surface area contributed by atoms with E-state index in [9.17, 15) is 0 Å². The topological polar surface area (TPSA) is 29.3 Å². The van der Waals surface area contributed by atoms with E-state index in [0.29, 0.717) is 9.74 Å². The summed E-state index contributed by atoms with van der Waals surface area (Å²) in [5.41, 5.74) is 5.49. The number of nitrogens with zero attached hydrogens (tertiary/aromatic N) is 1. The fourth-order valence-electron chi connectivity index (χ4n) is 1.92. The molecule has 0 unspecified atom stereocenters. The van der Waals surface area contributed by atoms with Gasteiger partial charge in [0.15, 0.2) is 0 Å². The van der Waals surface area contributed by atoms with Crippen molar-refractivity contribution in [3.8, 4) is 0 Å². The molecule has 2 nitrogen and oxygen atoms in total. The SMILES string of the molecule is CC1(C)CCN(CCCCC(N)=S)CCS1. The molecule has 1 aliphatic rings. The highest BCUT2D eigenvalue weighted by molar-refractivity contribution is 8.00. The van der Waals surface area contributed by atoms with Gasteiger partial charge in [-0.3, -0.25) is 0 Å². The number of hydrogen-bond acceptors (Lipinski definition) is 3. The first-order valence-electron chi connectivity index (χ1n) is 6.14. The quantitative estimate of drug-likeness (QED) is 0.608. The van der Waals surface area contributed by atoms with Crippen molar-refractivity contribution in [2.24, 2.45) is 5.73 Å². The summed E-state index contributed by atoms with van der Waals surface area (Å²) in [6, 6.07) is 0. The molecule has 0 amide bonds. The van der Waals surface area contributed by atoms with E-state index in [1.165, 1.54) is 38.2 Å². The van der Waals surface area contributed by atoms with Gasteiger partial charge in [0.2, 0.25) is 0 Å². The van der Waals surface area contributed by atoms with Gasteiger partial charge in [-0.2, -0.15) is 11.8 Å². The molecule has 0 atom stereocenters. The molecule has 0 radical (unpaired) electrons. The third kappa shape index (κ3) is 6.06. The van der Waals surface area contributed by atoms with Crippen molar-refractivity contribution in [2.75, 3.05) is 25.4 Å². The molecule has 1 saturated heterocycles. The van der Waals surface area contributed by atoms with Crippen LogP contribution in [0.4, 0.5) is 0 Å². The Hall–Kier alpha value is 0.200. The molecule has 0 aromatic carbocycles. The molecule has 0 aromatic rings. The highest BCUT2D eigenvalue weighted by Gasteiger charge is 2.23. The van der Waals surface area contributed by atoms with Crippen molar-refractivity contribution in [2.45, 2.75) is 44.3 Å². The Labute approximate surface area is 109 Å². The summed E-state index contributed by atoms with van der Waals surface area (Å²) in [6.45, 7) is 8.40.